The molecule has 122 valence electrons. The third-order valence-electron chi connectivity index (χ3n) is 3.99. The lowest BCUT2D eigenvalue weighted by Gasteiger charge is -2.13. The van der Waals surface area contributed by atoms with Gasteiger partial charge >= 0.3 is 0 Å². The molecule has 1 heterocycles. The molecule has 1 atom stereocenters. The molecule has 23 heavy (non-hydrogen) atoms. The van der Waals surface area contributed by atoms with Gasteiger partial charge in [0.05, 0.1) is 18.6 Å². The van der Waals surface area contributed by atoms with E-state index in [0.717, 1.165) is 11.3 Å². The molecule has 0 fully saturated rings. The van der Waals surface area contributed by atoms with E-state index in [1.807, 2.05) is 24.3 Å². The maximum Gasteiger partial charge on any atom is 0.240 e. The zero-order valence-corrected chi connectivity index (χ0v) is 13.9. The van der Waals surface area contributed by atoms with Crippen molar-refractivity contribution < 1.29 is 17.9 Å². The number of aryl methyl sites for hydroxylation is 1. The second-order valence-electron chi connectivity index (χ2n) is 5.53. The van der Waals surface area contributed by atoms with E-state index in [1.165, 1.54) is 0 Å². The van der Waals surface area contributed by atoms with Crippen LogP contribution < -0.4 is 14.2 Å². The lowest BCUT2D eigenvalue weighted by Crippen LogP contribution is -2.29. The fourth-order valence-electron chi connectivity index (χ4n) is 2.74. The SMILES string of the molecule is COc1ccc(S(=O)(=O)NCC2COc3ccccc32)c(C)c1. The van der Waals surface area contributed by atoms with Crippen LogP contribution in [0.3, 0.4) is 0 Å². The van der Waals surface area contributed by atoms with Gasteiger partial charge in [-0.05, 0) is 36.8 Å². The average Bonchev–Trinajstić information content (AvgIpc) is 2.96. The lowest BCUT2D eigenvalue weighted by atomic mass is 10.0. The largest absolute Gasteiger partial charge is 0.497 e. The van der Waals surface area contributed by atoms with E-state index in [4.69, 9.17) is 9.47 Å². The minimum atomic E-state index is -3.57. The van der Waals surface area contributed by atoms with Crippen molar-refractivity contribution in [2.75, 3.05) is 20.3 Å². The molecule has 0 radical (unpaired) electrons. The smallest absolute Gasteiger partial charge is 0.240 e. The quantitative estimate of drug-likeness (QED) is 0.913. The van der Waals surface area contributed by atoms with Crippen LogP contribution in [0.5, 0.6) is 11.5 Å². The van der Waals surface area contributed by atoms with Gasteiger partial charge in [-0.2, -0.15) is 0 Å². The first-order valence-corrected chi connectivity index (χ1v) is 8.85. The minimum Gasteiger partial charge on any atom is -0.497 e. The number of benzene rings is 2. The van der Waals surface area contributed by atoms with Crippen LogP contribution in [0, 0.1) is 6.92 Å². The number of para-hydroxylation sites is 1. The van der Waals surface area contributed by atoms with Crippen molar-refractivity contribution >= 4 is 10.0 Å². The molecular weight excluding hydrogens is 314 g/mol. The topological polar surface area (TPSA) is 64.6 Å². The van der Waals surface area contributed by atoms with Gasteiger partial charge in [0.2, 0.25) is 10.0 Å². The highest BCUT2D eigenvalue weighted by atomic mass is 32.2. The van der Waals surface area contributed by atoms with Crippen molar-refractivity contribution in [3.05, 3.63) is 53.6 Å². The number of methoxy groups -OCH3 is 1. The molecule has 1 unspecified atom stereocenters. The molecule has 0 amide bonds. The van der Waals surface area contributed by atoms with Gasteiger partial charge in [-0.3, -0.25) is 0 Å². The van der Waals surface area contributed by atoms with Gasteiger partial charge in [0, 0.05) is 18.0 Å². The van der Waals surface area contributed by atoms with Gasteiger partial charge in [0.25, 0.3) is 0 Å². The number of hydrogen-bond donors (Lipinski definition) is 1. The Morgan fingerprint density at radius 3 is 2.78 bits per heavy atom. The first-order chi connectivity index (χ1) is 11.0. The van der Waals surface area contributed by atoms with Crippen molar-refractivity contribution in [2.24, 2.45) is 0 Å². The summed E-state index contributed by atoms with van der Waals surface area (Å²) in [6, 6.07) is 12.6. The Bertz CT molecular complexity index is 817. The summed E-state index contributed by atoms with van der Waals surface area (Å²) in [5.74, 6) is 1.50. The fourth-order valence-corrected chi connectivity index (χ4v) is 4.04. The number of rotatable bonds is 5. The minimum absolute atomic E-state index is 0.0273. The Morgan fingerprint density at radius 1 is 1.26 bits per heavy atom. The highest BCUT2D eigenvalue weighted by Gasteiger charge is 2.26. The first-order valence-electron chi connectivity index (χ1n) is 7.37. The molecule has 1 aliphatic heterocycles. The van der Waals surface area contributed by atoms with E-state index in [1.54, 1.807) is 32.2 Å². The summed E-state index contributed by atoms with van der Waals surface area (Å²) < 4.78 is 38.4. The predicted octanol–water partition coefficient (Wildman–Crippen LogP) is 2.46. The van der Waals surface area contributed by atoms with Crippen molar-refractivity contribution in [1.29, 1.82) is 0 Å². The van der Waals surface area contributed by atoms with Gasteiger partial charge < -0.3 is 9.47 Å². The molecule has 0 spiro atoms. The summed E-state index contributed by atoms with van der Waals surface area (Å²) in [7, 11) is -2.01. The van der Waals surface area contributed by atoms with Crippen LogP contribution >= 0.6 is 0 Å². The molecule has 2 aromatic carbocycles. The van der Waals surface area contributed by atoms with Gasteiger partial charge in [0.15, 0.2) is 0 Å². The summed E-state index contributed by atoms with van der Waals surface area (Å²) in [6.45, 7) is 2.55. The number of ether oxygens (including phenoxy) is 2. The van der Waals surface area contributed by atoms with E-state index < -0.39 is 10.0 Å². The van der Waals surface area contributed by atoms with E-state index in [0.29, 0.717) is 24.5 Å². The Kier molecular flexibility index (Phi) is 4.28. The average molecular weight is 333 g/mol. The van der Waals surface area contributed by atoms with Crippen LogP contribution in [0.4, 0.5) is 0 Å². The third kappa shape index (κ3) is 3.18. The van der Waals surface area contributed by atoms with Crippen LogP contribution in [0.15, 0.2) is 47.4 Å². The van der Waals surface area contributed by atoms with Crippen LogP contribution in [-0.4, -0.2) is 28.7 Å². The van der Waals surface area contributed by atoms with Crippen molar-refractivity contribution in [3.63, 3.8) is 0 Å². The predicted molar refractivity (Wildman–Crippen MR) is 87.6 cm³/mol. The van der Waals surface area contributed by atoms with E-state index >= 15 is 0 Å². The molecular formula is C17H19NO4S. The number of nitrogens with one attached hydrogen (secondary N) is 1. The molecule has 0 bridgehead atoms. The van der Waals surface area contributed by atoms with Gasteiger partial charge in [-0.25, -0.2) is 13.1 Å². The molecule has 1 N–H and O–H groups in total. The van der Waals surface area contributed by atoms with Gasteiger partial charge in [-0.1, -0.05) is 18.2 Å². The molecule has 0 aliphatic carbocycles. The molecule has 0 saturated heterocycles. The Hall–Kier alpha value is -2.05. The van der Waals surface area contributed by atoms with E-state index in [9.17, 15) is 8.42 Å². The van der Waals surface area contributed by atoms with E-state index in [2.05, 4.69) is 4.72 Å². The zero-order chi connectivity index (χ0) is 16.4. The molecule has 6 heteroatoms. The fraction of sp³-hybridized carbons (Fsp3) is 0.294. The lowest BCUT2D eigenvalue weighted by molar-refractivity contribution is 0.330. The Labute approximate surface area is 136 Å². The zero-order valence-electron chi connectivity index (χ0n) is 13.1. The molecule has 3 rings (SSSR count). The standard InChI is InChI=1S/C17H19NO4S/c1-12-9-14(21-2)7-8-17(12)23(19,20)18-10-13-11-22-16-6-4-3-5-15(13)16/h3-9,13,18H,10-11H2,1-2H3. The van der Waals surface area contributed by atoms with Crippen LogP contribution in [0.2, 0.25) is 0 Å². The van der Waals surface area contributed by atoms with Crippen LogP contribution in [0.1, 0.15) is 17.0 Å². The number of fused-ring (bicyclic) bond motifs is 1. The van der Waals surface area contributed by atoms with E-state index in [-0.39, 0.29) is 10.8 Å². The number of sulfonamides is 1. The highest BCUT2D eigenvalue weighted by molar-refractivity contribution is 7.89. The summed E-state index contributed by atoms with van der Waals surface area (Å²) in [5, 5.41) is 0. The summed E-state index contributed by atoms with van der Waals surface area (Å²) in [5.41, 5.74) is 1.70. The maximum atomic E-state index is 12.5. The second kappa shape index (κ2) is 6.22. The number of hydrogen-bond acceptors (Lipinski definition) is 4. The summed E-state index contributed by atoms with van der Waals surface area (Å²) in [6.07, 6.45) is 0. The summed E-state index contributed by atoms with van der Waals surface area (Å²) >= 11 is 0. The Morgan fingerprint density at radius 2 is 2.04 bits per heavy atom. The van der Waals surface area contributed by atoms with Crippen molar-refractivity contribution in [1.82, 2.24) is 4.72 Å². The highest BCUT2D eigenvalue weighted by Crippen LogP contribution is 2.33. The monoisotopic (exact) mass is 333 g/mol. The van der Waals surface area contributed by atoms with Crippen molar-refractivity contribution in [2.45, 2.75) is 17.7 Å². The van der Waals surface area contributed by atoms with Crippen LogP contribution in [-0.2, 0) is 10.0 Å². The third-order valence-corrected chi connectivity index (χ3v) is 5.57. The normalized spacial score (nSPS) is 16.7. The second-order valence-corrected chi connectivity index (χ2v) is 7.26. The molecule has 2 aromatic rings. The molecule has 5 nitrogen and oxygen atoms in total. The molecule has 1 aliphatic rings. The first kappa shape index (κ1) is 15.8. The maximum absolute atomic E-state index is 12.5. The van der Waals surface area contributed by atoms with Crippen molar-refractivity contribution in [3.8, 4) is 11.5 Å². The molecule has 0 aromatic heterocycles. The Balaban J connectivity index is 1.75. The molecule has 0 saturated carbocycles. The summed E-state index contributed by atoms with van der Waals surface area (Å²) in [4.78, 5) is 0.269. The van der Waals surface area contributed by atoms with Gasteiger partial charge in [-0.15, -0.1) is 0 Å². The van der Waals surface area contributed by atoms with Gasteiger partial charge in [0.1, 0.15) is 11.5 Å². The van der Waals surface area contributed by atoms with Crippen LogP contribution in [0.25, 0.3) is 0 Å².